The maximum atomic E-state index is 12.9. The summed E-state index contributed by atoms with van der Waals surface area (Å²) >= 11 is 1.37. The van der Waals surface area contributed by atoms with Crippen LogP contribution in [0.15, 0.2) is 23.8 Å². The van der Waals surface area contributed by atoms with Gasteiger partial charge in [-0.25, -0.2) is 4.79 Å². The molecule has 0 unspecified atom stereocenters. The molecule has 1 aliphatic carbocycles. The van der Waals surface area contributed by atoms with Gasteiger partial charge >= 0.3 is 5.97 Å². The number of esters is 1. The van der Waals surface area contributed by atoms with Gasteiger partial charge in [-0.3, -0.25) is 4.79 Å². The number of carbonyl (C=O) groups is 2. The van der Waals surface area contributed by atoms with Gasteiger partial charge in [0.25, 0.3) is 5.91 Å². The summed E-state index contributed by atoms with van der Waals surface area (Å²) in [6, 6.07) is 7.06. The van der Waals surface area contributed by atoms with Gasteiger partial charge in [-0.05, 0) is 70.2 Å². The number of rotatable bonds is 8. The Morgan fingerprint density at radius 3 is 2.61 bits per heavy atom. The van der Waals surface area contributed by atoms with Crippen LogP contribution < -0.4 is 10.2 Å². The van der Waals surface area contributed by atoms with E-state index < -0.39 is 11.9 Å². The Kier molecular flexibility index (Phi) is 8.12. The van der Waals surface area contributed by atoms with Crippen LogP contribution >= 0.6 is 11.3 Å². The van der Waals surface area contributed by atoms with Crippen LogP contribution in [0.3, 0.4) is 0 Å². The van der Waals surface area contributed by atoms with Crippen molar-refractivity contribution in [3.8, 4) is 11.8 Å². The molecule has 8 heteroatoms. The molecule has 0 fully saturated rings. The van der Waals surface area contributed by atoms with E-state index in [4.69, 9.17) is 4.74 Å². The molecule has 0 saturated carbocycles. The number of hydrogen-bond donors (Lipinski definition) is 2. The zero-order valence-corrected chi connectivity index (χ0v) is 20.1. The molecule has 0 atom stereocenters. The van der Waals surface area contributed by atoms with E-state index >= 15 is 0 Å². The summed E-state index contributed by atoms with van der Waals surface area (Å²) < 4.78 is 5.22. The van der Waals surface area contributed by atoms with Crippen molar-refractivity contribution in [2.75, 3.05) is 29.9 Å². The predicted molar refractivity (Wildman–Crippen MR) is 131 cm³/mol. The molecule has 33 heavy (non-hydrogen) atoms. The molecule has 2 aromatic rings. The highest BCUT2D eigenvalue weighted by Gasteiger charge is 2.27. The minimum Gasteiger partial charge on any atom is -0.507 e. The Morgan fingerprint density at radius 2 is 1.97 bits per heavy atom. The van der Waals surface area contributed by atoms with Crippen LogP contribution in [0.5, 0.6) is 5.75 Å². The number of aromatic hydroxyl groups is 1. The Bertz CT molecular complexity index is 1110. The van der Waals surface area contributed by atoms with E-state index in [-0.39, 0.29) is 17.9 Å². The first-order valence-corrected chi connectivity index (χ1v) is 12.1. The van der Waals surface area contributed by atoms with Gasteiger partial charge in [0.05, 0.1) is 12.2 Å². The maximum Gasteiger partial charge on any atom is 0.341 e. The van der Waals surface area contributed by atoms with Crippen LogP contribution in [0.4, 0.5) is 10.7 Å². The molecule has 0 bridgehead atoms. The third-order valence-electron chi connectivity index (χ3n) is 5.69. The maximum absolute atomic E-state index is 12.9. The lowest BCUT2D eigenvalue weighted by Gasteiger charge is -2.21. The molecule has 1 heterocycles. The minimum absolute atomic E-state index is 0.0150. The summed E-state index contributed by atoms with van der Waals surface area (Å²) in [6.07, 6.45) is 5.00. The molecule has 7 nitrogen and oxygen atoms in total. The lowest BCUT2D eigenvalue weighted by Crippen LogP contribution is -2.21. The quantitative estimate of drug-likeness (QED) is 0.325. The van der Waals surface area contributed by atoms with Crippen LogP contribution in [0.2, 0.25) is 0 Å². The molecular formula is C25H29N3O4S. The van der Waals surface area contributed by atoms with Gasteiger partial charge in [0, 0.05) is 35.3 Å². The first-order chi connectivity index (χ1) is 15.9. The SMILES string of the molecule is CCOC(=O)c1c(NC(=O)C(C#N)=Cc2ccc(N(CC)CC)cc2O)sc2c1CCCC2. The number of ether oxygens (including phenoxy) is 1. The fourth-order valence-electron chi connectivity index (χ4n) is 3.99. The van der Waals surface area contributed by atoms with Crippen molar-refractivity contribution in [2.24, 2.45) is 0 Å². The molecule has 0 spiro atoms. The first-order valence-electron chi connectivity index (χ1n) is 11.3. The topological polar surface area (TPSA) is 103 Å². The number of thiophene rings is 1. The van der Waals surface area contributed by atoms with Gasteiger partial charge in [0.2, 0.25) is 0 Å². The van der Waals surface area contributed by atoms with E-state index in [0.717, 1.165) is 54.9 Å². The summed E-state index contributed by atoms with van der Waals surface area (Å²) in [5.41, 5.74) is 2.40. The summed E-state index contributed by atoms with van der Waals surface area (Å²) in [4.78, 5) is 28.7. The number of nitrogens with one attached hydrogen (secondary N) is 1. The van der Waals surface area contributed by atoms with E-state index in [1.54, 1.807) is 19.1 Å². The molecule has 1 amide bonds. The van der Waals surface area contributed by atoms with Crippen molar-refractivity contribution >= 4 is 40.0 Å². The van der Waals surface area contributed by atoms with Crippen LogP contribution in [0.1, 0.15) is 60.0 Å². The summed E-state index contributed by atoms with van der Waals surface area (Å²) in [6.45, 7) is 7.63. The fourth-order valence-corrected chi connectivity index (χ4v) is 5.26. The van der Waals surface area contributed by atoms with Gasteiger partial charge in [0.15, 0.2) is 0 Å². The Morgan fingerprint density at radius 1 is 1.24 bits per heavy atom. The number of nitrogens with zero attached hydrogens (tertiary/aromatic N) is 2. The highest BCUT2D eigenvalue weighted by molar-refractivity contribution is 7.17. The van der Waals surface area contributed by atoms with Gasteiger partial charge in [-0.15, -0.1) is 11.3 Å². The second-order valence-corrected chi connectivity index (χ2v) is 8.78. The molecule has 174 valence electrons. The zero-order chi connectivity index (χ0) is 24.0. The number of hydrogen-bond acceptors (Lipinski definition) is 7. The lowest BCUT2D eigenvalue weighted by atomic mass is 9.95. The van der Waals surface area contributed by atoms with Gasteiger partial charge < -0.3 is 20.1 Å². The molecule has 1 aromatic carbocycles. The molecule has 3 rings (SSSR count). The fraction of sp³-hybridized carbons (Fsp3) is 0.400. The normalized spacial score (nSPS) is 13.1. The molecular weight excluding hydrogens is 438 g/mol. The highest BCUT2D eigenvalue weighted by atomic mass is 32.1. The number of nitriles is 1. The molecule has 1 aliphatic rings. The second kappa shape index (κ2) is 11.0. The Hall–Kier alpha value is -3.31. The largest absolute Gasteiger partial charge is 0.507 e. The van der Waals surface area contributed by atoms with Crippen LogP contribution in [-0.4, -0.2) is 36.7 Å². The average Bonchev–Trinajstić information content (AvgIpc) is 3.17. The minimum atomic E-state index is -0.631. The van der Waals surface area contributed by atoms with Crippen LogP contribution in [0, 0.1) is 11.3 Å². The second-order valence-electron chi connectivity index (χ2n) is 7.67. The van der Waals surface area contributed by atoms with E-state index in [1.165, 1.54) is 17.4 Å². The summed E-state index contributed by atoms with van der Waals surface area (Å²) in [5.74, 6) is -1.10. The molecule has 0 radical (unpaired) electrons. The monoisotopic (exact) mass is 467 g/mol. The predicted octanol–water partition coefficient (Wildman–Crippen LogP) is 4.90. The van der Waals surface area contributed by atoms with Gasteiger partial charge in [0.1, 0.15) is 22.4 Å². The van der Waals surface area contributed by atoms with Crippen LogP contribution in [-0.2, 0) is 22.4 Å². The van der Waals surface area contributed by atoms with E-state index in [0.29, 0.717) is 16.1 Å². The third-order valence-corrected chi connectivity index (χ3v) is 6.89. The summed E-state index contributed by atoms with van der Waals surface area (Å²) in [5, 5.41) is 23.2. The van der Waals surface area contributed by atoms with Crippen LogP contribution in [0.25, 0.3) is 6.08 Å². The average molecular weight is 468 g/mol. The number of carbonyl (C=O) groups excluding carboxylic acids is 2. The number of amides is 1. The smallest absolute Gasteiger partial charge is 0.341 e. The molecule has 2 N–H and O–H groups in total. The number of anilines is 2. The Balaban J connectivity index is 1.89. The number of phenols is 1. The van der Waals surface area contributed by atoms with Crippen molar-refractivity contribution < 1.29 is 19.4 Å². The van der Waals surface area contributed by atoms with E-state index in [9.17, 15) is 20.0 Å². The third kappa shape index (κ3) is 5.37. The number of benzene rings is 1. The molecule has 1 aromatic heterocycles. The highest BCUT2D eigenvalue weighted by Crippen LogP contribution is 2.39. The van der Waals surface area contributed by atoms with Crippen molar-refractivity contribution in [1.82, 2.24) is 0 Å². The molecule has 0 aliphatic heterocycles. The standard InChI is InChI=1S/C25H29N3O4S/c1-4-28(5-2)18-12-11-16(20(29)14-18)13-17(15-26)23(30)27-24-22(25(31)32-6-3)19-9-7-8-10-21(19)33-24/h11-14,29H,4-10H2,1-3H3,(H,27,30). The number of fused-ring (bicyclic) bond motifs is 1. The zero-order valence-electron chi connectivity index (χ0n) is 19.2. The van der Waals surface area contributed by atoms with Crippen molar-refractivity contribution in [3.63, 3.8) is 0 Å². The van der Waals surface area contributed by atoms with Gasteiger partial charge in [-0.1, -0.05) is 0 Å². The summed E-state index contributed by atoms with van der Waals surface area (Å²) in [7, 11) is 0. The van der Waals surface area contributed by atoms with Crippen molar-refractivity contribution in [2.45, 2.75) is 46.5 Å². The molecule has 0 saturated heterocycles. The van der Waals surface area contributed by atoms with Crippen molar-refractivity contribution in [3.05, 3.63) is 45.3 Å². The number of phenolic OH excluding ortho intramolecular Hbond substituents is 1. The van der Waals surface area contributed by atoms with Crippen molar-refractivity contribution in [1.29, 1.82) is 5.26 Å². The Labute approximate surface area is 198 Å². The van der Waals surface area contributed by atoms with E-state index in [1.807, 2.05) is 26.0 Å². The van der Waals surface area contributed by atoms with E-state index in [2.05, 4.69) is 10.2 Å². The lowest BCUT2D eigenvalue weighted by molar-refractivity contribution is -0.112. The number of aryl methyl sites for hydroxylation is 1. The van der Waals surface area contributed by atoms with Gasteiger partial charge in [-0.2, -0.15) is 5.26 Å². The first kappa shape index (κ1) is 24.3.